The molecule has 0 bridgehead atoms. The minimum atomic E-state index is -0.140. The van der Waals surface area contributed by atoms with Crippen molar-refractivity contribution in [2.75, 3.05) is 32.7 Å². The van der Waals surface area contributed by atoms with E-state index in [1.807, 2.05) is 12.1 Å². The van der Waals surface area contributed by atoms with E-state index in [1.165, 1.54) is 0 Å². The number of piperazine rings is 1. The Morgan fingerprint density at radius 2 is 1.81 bits per heavy atom. The van der Waals surface area contributed by atoms with Crippen LogP contribution >= 0.6 is 0 Å². The standard InChI is InChI=1S/C17H28FN3/c1-13-5-6-14(11-15(13)18)16(12-19)20-7-9-21(10-8-20)17(2,3)4/h5-6,11,16H,7-10,12,19H2,1-4H3. The SMILES string of the molecule is Cc1ccc(C(CN)N2CCN(C(C)(C)C)CC2)cc1F. The minimum absolute atomic E-state index is 0.113. The number of hydrogen-bond acceptors (Lipinski definition) is 3. The average Bonchev–Trinajstić information content (AvgIpc) is 2.43. The number of aryl methyl sites for hydroxylation is 1. The van der Waals surface area contributed by atoms with Crippen LogP contribution in [0.4, 0.5) is 4.39 Å². The summed E-state index contributed by atoms with van der Waals surface area (Å²) in [6, 6.07) is 5.61. The summed E-state index contributed by atoms with van der Waals surface area (Å²) < 4.78 is 13.8. The Morgan fingerprint density at radius 3 is 2.29 bits per heavy atom. The lowest BCUT2D eigenvalue weighted by Gasteiger charge is -2.44. The molecule has 3 nitrogen and oxygen atoms in total. The van der Waals surface area contributed by atoms with Gasteiger partial charge in [0.15, 0.2) is 0 Å². The second kappa shape index (κ2) is 6.42. The fraction of sp³-hybridized carbons (Fsp3) is 0.647. The fourth-order valence-electron chi connectivity index (χ4n) is 3.02. The molecule has 1 aromatic rings. The molecule has 0 aliphatic carbocycles. The van der Waals surface area contributed by atoms with Crippen LogP contribution in [0.3, 0.4) is 0 Å². The zero-order valence-corrected chi connectivity index (χ0v) is 13.7. The maximum absolute atomic E-state index is 13.8. The smallest absolute Gasteiger partial charge is 0.126 e. The Kier molecular flexibility index (Phi) is 5.02. The first-order valence-electron chi connectivity index (χ1n) is 7.78. The van der Waals surface area contributed by atoms with Gasteiger partial charge in [0.05, 0.1) is 0 Å². The van der Waals surface area contributed by atoms with E-state index in [0.717, 1.165) is 31.7 Å². The fourth-order valence-corrected chi connectivity index (χ4v) is 3.02. The van der Waals surface area contributed by atoms with Gasteiger partial charge in [-0.25, -0.2) is 4.39 Å². The van der Waals surface area contributed by atoms with Crippen molar-refractivity contribution in [2.24, 2.45) is 5.73 Å². The molecule has 1 aromatic carbocycles. The van der Waals surface area contributed by atoms with E-state index in [9.17, 15) is 4.39 Å². The highest BCUT2D eigenvalue weighted by molar-refractivity contribution is 5.26. The molecular weight excluding hydrogens is 265 g/mol. The number of benzene rings is 1. The normalized spacial score (nSPS) is 19.7. The Bertz CT molecular complexity index is 473. The topological polar surface area (TPSA) is 32.5 Å². The largest absolute Gasteiger partial charge is 0.329 e. The molecule has 1 saturated heterocycles. The van der Waals surface area contributed by atoms with E-state index in [1.54, 1.807) is 13.0 Å². The van der Waals surface area contributed by atoms with E-state index in [-0.39, 0.29) is 17.4 Å². The van der Waals surface area contributed by atoms with Gasteiger partial charge in [0.2, 0.25) is 0 Å². The molecule has 0 spiro atoms. The van der Waals surface area contributed by atoms with E-state index in [2.05, 4.69) is 30.6 Å². The molecule has 1 aliphatic heterocycles. The van der Waals surface area contributed by atoms with Crippen molar-refractivity contribution in [3.05, 3.63) is 35.1 Å². The molecule has 1 fully saturated rings. The summed E-state index contributed by atoms with van der Waals surface area (Å²) in [6.07, 6.45) is 0. The minimum Gasteiger partial charge on any atom is -0.329 e. The number of nitrogens with two attached hydrogens (primary N) is 1. The molecule has 0 radical (unpaired) electrons. The molecule has 1 atom stereocenters. The highest BCUT2D eigenvalue weighted by atomic mass is 19.1. The van der Waals surface area contributed by atoms with E-state index >= 15 is 0 Å². The molecule has 0 saturated carbocycles. The lowest BCUT2D eigenvalue weighted by atomic mass is 10.0. The van der Waals surface area contributed by atoms with Gasteiger partial charge in [0.1, 0.15) is 5.82 Å². The van der Waals surface area contributed by atoms with Gasteiger partial charge in [-0.05, 0) is 44.9 Å². The Labute approximate surface area is 127 Å². The lowest BCUT2D eigenvalue weighted by Crippen LogP contribution is -2.54. The third-order valence-corrected chi connectivity index (χ3v) is 4.51. The van der Waals surface area contributed by atoms with Gasteiger partial charge < -0.3 is 5.73 Å². The van der Waals surface area contributed by atoms with Crippen LogP contribution in [0.5, 0.6) is 0 Å². The molecular formula is C17H28FN3. The third-order valence-electron chi connectivity index (χ3n) is 4.51. The summed E-state index contributed by atoms with van der Waals surface area (Å²) in [4.78, 5) is 4.87. The first-order valence-corrected chi connectivity index (χ1v) is 7.78. The van der Waals surface area contributed by atoms with Gasteiger partial charge in [-0.1, -0.05) is 12.1 Å². The molecule has 1 heterocycles. The van der Waals surface area contributed by atoms with E-state index in [4.69, 9.17) is 5.73 Å². The van der Waals surface area contributed by atoms with Gasteiger partial charge in [-0.2, -0.15) is 0 Å². The van der Waals surface area contributed by atoms with Crippen LogP contribution in [0, 0.1) is 12.7 Å². The number of hydrogen-bond donors (Lipinski definition) is 1. The molecule has 118 valence electrons. The Balaban J connectivity index is 2.07. The average molecular weight is 293 g/mol. The summed E-state index contributed by atoms with van der Waals surface area (Å²) in [5, 5.41) is 0. The monoisotopic (exact) mass is 293 g/mol. The van der Waals surface area contributed by atoms with Crippen molar-refractivity contribution in [1.82, 2.24) is 9.80 Å². The van der Waals surface area contributed by atoms with Crippen molar-refractivity contribution in [3.63, 3.8) is 0 Å². The van der Waals surface area contributed by atoms with Crippen LogP contribution in [-0.4, -0.2) is 48.1 Å². The second-order valence-corrected chi connectivity index (χ2v) is 6.95. The van der Waals surface area contributed by atoms with E-state index in [0.29, 0.717) is 12.1 Å². The summed E-state index contributed by atoms with van der Waals surface area (Å²) in [5.74, 6) is -0.140. The highest BCUT2D eigenvalue weighted by Gasteiger charge is 2.29. The number of rotatable bonds is 3. The molecule has 2 rings (SSSR count). The predicted molar refractivity (Wildman–Crippen MR) is 85.8 cm³/mol. The highest BCUT2D eigenvalue weighted by Crippen LogP contribution is 2.25. The summed E-state index contributed by atoms with van der Waals surface area (Å²) in [5.41, 5.74) is 7.85. The summed E-state index contributed by atoms with van der Waals surface area (Å²) in [7, 11) is 0. The summed E-state index contributed by atoms with van der Waals surface area (Å²) >= 11 is 0. The van der Waals surface area contributed by atoms with Crippen LogP contribution in [0.15, 0.2) is 18.2 Å². The molecule has 1 unspecified atom stereocenters. The first kappa shape index (κ1) is 16.4. The third kappa shape index (κ3) is 3.82. The maximum Gasteiger partial charge on any atom is 0.126 e. The van der Waals surface area contributed by atoms with Gasteiger partial charge in [0.25, 0.3) is 0 Å². The Hall–Kier alpha value is -0.970. The van der Waals surface area contributed by atoms with Crippen LogP contribution in [-0.2, 0) is 0 Å². The van der Waals surface area contributed by atoms with Crippen molar-refractivity contribution in [2.45, 2.75) is 39.3 Å². The van der Waals surface area contributed by atoms with Crippen molar-refractivity contribution < 1.29 is 4.39 Å². The quantitative estimate of drug-likeness (QED) is 0.929. The van der Waals surface area contributed by atoms with Gasteiger partial charge >= 0.3 is 0 Å². The zero-order valence-electron chi connectivity index (χ0n) is 13.7. The van der Waals surface area contributed by atoms with Crippen LogP contribution in [0.25, 0.3) is 0 Å². The van der Waals surface area contributed by atoms with Crippen molar-refractivity contribution in [3.8, 4) is 0 Å². The molecule has 2 N–H and O–H groups in total. The van der Waals surface area contributed by atoms with Crippen molar-refractivity contribution in [1.29, 1.82) is 0 Å². The van der Waals surface area contributed by atoms with Crippen LogP contribution in [0.1, 0.15) is 37.9 Å². The predicted octanol–water partition coefficient (Wildman–Crippen LogP) is 2.55. The molecule has 4 heteroatoms. The van der Waals surface area contributed by atoms with Gasteiger partial charge in [-0.3, -0.25) is 9.80 Å². The second-order valence-electron chi connectivity index (χ2n) is 6.95. The number of nitrogens with zero attached hydrogens (tertiary/aromatic N) is 2. The summed E-state index contributed by atoms with van der Waals surface area (Å²) in [6.45, 7) is 13.1. The van der Waals surface area contributed by atoms with Gasteiger partial charge in [0, 0.05) is 44.3 Å². The van der Waals surface area contributed by atoms with Crippen LogP contribution in [0.2, 0.25) is 0 Å². The Morgan fingerprint density at radius 1 is 1.19 bits per heavy atom. The van der Waals surface area contributed by atoms with Crippen LogP contribution < -0.4 is 5.73 Å². The van der Waals surface area contributed by atoms with Crippen molar-refractivity contribution >= 4 is 0 Å². The maximum atomic E-state index is 13.8. The van der Waals surface area contributed by atoms with E-state index < -0.39 is 0 Å². The molecule has 21 heavy (non-hydrogen) atoms. The lowest BCUT2D eigenvalue weighted by molar-refractivity contribution is 0.0433. The molecule has 0 amide bonds. The zero-order chi connectivity index (χ0) is 15.6. The number of halogens is 1. The molecule has 1 aliphatic rings. The van der Waals surface area contributed by atoms with Gasteiger partial charge in [-0.15, -0.1) is 0 Å². The molecule has 0 aromatic heterocycles. The first-order chi connectivity index (χ1) is 9.82.